The largest absolute Gasteiger partial charge is 0.392 e. The van der Waals surface area contributed by atoms with E-state index in [1.807, 2.05) is 11.8 Å². The van der Waals surface area contributed by atoms with Gasteiger partial charge in [0.2, 0.25) is 5.91 Å². The Hall–Kier alpha value is -2.17. The Kier molecular flexibility index (Phi) is 6.30. The Morgan fingerprint density at radius 2 is 2.33 bits per heavy atom. The Morgan fingerprint density at radius 3 is 3.11 bits per heavy atom. The zero-order valence-corrected chi connectivity index (χ0v) is 15.9. The van der Waals surface area contributed by atoms with Crippen LogP contribution in [0.25, 0.3) is 0 Å². The monoisotopic (exact) mass is 372 g/mol. The number of piperidine rings is 2. The number of aliphatic hydroxyl groups excluding tert-OH is 1. The van der Waals surface area contributed by atoms with Crippen LogP contribution in [-0.4, -0.2) is 66.4 Å². The number of ether oxygens (including phenoxy) is 1. The third-order valence-corrected chi connectivity index (χ3v) is 5.62. The lowest BCUT2D eigenvalue weighted by molar-refractivity contribution is -0.142. The van der Waals surface area contributed by atoms with Gasteiger partial charge in [-0.15, -0.1) is 0 Å². The summed E-state index contributed by atoms with van der Waals surface area (Å²) in [6.07, 6.45) is 4.47. The summed E-state index contributed by atoms with van der Waals surface area (Å²) in [7, 11) is 0. The lowest BCUT2D eigenvalue weighted by Gasteiger charge is -2.51. The Bertz CT molecular complexity index is 705. The molecule has 2 fully saturated rings. The number of nitriles is 1. The minimum absolute atomic E-state index is 0.00329. The summed E-state index contributed by atoms with van der Waals surface area (Å²) < 4.78 is 5.41. The van der Waals surface area contributed by atoms with Crippen LogP contribution in [0.2, 0.25) is 0 Å². The molecule has 0 aliphatic carbocycles. The van der Waals surface area contributed by atoms with Crippen LogP contribution in [0.5, 0.6) is 0 Å². The fraction of sp³-hybridized carbons (Fsp3) is 0.650. The summed E-state index contributed by atoms with van der Waals surface area (Å²) in [6.45, 7) is 5.29. The molecule has 0 bridgehead atoms. The molecule has 0 aromatic carbocycles. The molecule has 1 aromatic heterocycles. The second-order valence-corrected chi connectivity index (χ2v) is 7.57. The zero-order valence-electron chi connectivity index (χ0n) is 15.9. The van der Waals surface area contributed by atoms with Gasteiger partial charge >= 0.3 is 0 Å². The topological polar surface area (TPSA) is 89.7 Å². The molecule has 3 rings (SSSR count). The molecule has 2 aliphatic rings. The molecule has 0 radical (unpaired) electrons. The van der Waals surface area contributed by atoms with Gasteiger partial charge in [0.1, 0.15) is 12.4 Å². The molecule has 7 nitrogen and oxygen atoms in total. The number of aliphatic hydroxyl groups is 1. The van der Waals surface area contributed by atoms with E-state index in [1.165, 1.54) is 0 Å². The van der Waals surface area contributed by atoms with Crippen molar-refractivity contribution in [2.75, 3.05) is 44.3 Å². The first kappa shape index (κ1) is 19.6. The van der Waals surface area contributed by atoms with Crippen molar-refractivity contribution in [3.05, 3.63) is 23.9 Å². The minimum Gasteiger partial charge on any atom is -0.392 e. The van der Waals surface area contributed by atoms with Gasteiger partial charge in [-0.25, -0.2) is 4.98 Å². The molecule has 1 aromatic rings. The van der Waals surface area contributed by atoms with Crippen LogP contribution in [0.4, 0.5) is 5.82 Å². The van der Waals surface area contributed by atoms with Gasteiger partial charge in [-0.2, -0.15) is 5.26 Å². The molecule has 3 heterocycles. The summed E-state index contributed by atoms with van der Waals surface area (Å²) in [4.78, 5) is 20.9. The van der Waals surface area contributed by atoms with Crippen LogP contribution < -0.4 is 4.90 Å². The second-order valence-electron chi connectivity index (χ2n) is 7.57. The first-order valence-electron chi connectivity index (χ1n) is 9.72. The van der Waals surface area contributed by atoms with Gasteiger partial charge in [0, 0.05) is 44.4 Å². The van der Waals surface area contributed by atoms with Crippen molar-refractivity contribution in [3.63, 3.8) is 0 Å². The molecule has 27 heavy (non-hydrogen) atoms. The third kappa shape index (κ3) is 4.40. The van der Waals surface area contributed by atoms with E-state index in [2.05, 4.69) is 16.0 Å². The fourth-order valence-electron chi connectivity index (χ4n) is 4.17. The highest BCUT2D eigenvalue weighted by Crippen LogP contribution is 2.40. The number of hydrogen-bond donors (Lipinski definition) is 1. The van der Waals surface area contributed by atoms with Crippen LogP contribution in [-0.2, 0) is 9.53 Å². The number of pyridine rings is 1. The summed E-state index contributed by atoms with van der Waals surface area (Å²) in [5, 5.41) is 19.9. The van der Waals surface area contributed by atoms with E-state index >= 15 is 0 Å². The number of carbonyl (C=O) groups excluding carboxylic acids is 1. The van der Waals surface area contributed by atoms with E-state index < -0.39 is 6.10 Å². The first-order chi connectivity index (χ1) is 13.1. The first-order valence-corrected chi connectivity index (χ1v) is 9.72. The lowest BCUT2D eigenvalue weighted by atomic mass is 9.71. The van der Waals surface area contributed by atoms with Crippen molar-refractivity contribution >= 4 is 11.7 Å². The molecule has 1 N–H and O–H groups in total. The van der Waals surface area contributed by atoms with Crippen molar-refractivity contribution in [1.82, 2.24) is 9.88 Å². The van der Waals surface area contributed by atoms with Crippen molar-refractivity contribution in [2.24, 2.45) is 5.41 Å². The molecule has 1 amide bonds. The van der Waals surface area contributed by atoms with Gasteiger partial charge in [-0.1, -0.05) is 6.92 Å². The zero-order chi connectivity index (χ0) is 19.3. The van der Waals surface area contributed by atoms with Crippen LogP contribution in [0, 0.1) is 16.7 Å². The average molecular weight is 372 g/mol. The van der Waals surface area contributed by atoms with Gasteiger partial charge in [0.15, 0.2) is 0 Å². The summed E-state index contributed by atoms with van der Waals surface area (Å²) in [5.41, 5.74) is 0.218. The maximum Gasteiger partial charge on any atom is 0.248 e. The molecule has 146 valence electrons. The highest BCUT2D eigenvalue weighted by atomic mass is 16.5. The van der Waals surface area contributed by atoms with E-state index in [9.17, 15) is 9.90 Å². The highest BCUT2D eigenvalue weighted by molar-refractivity contribution is 5.77. The van der Waals surface area contributed by atoms with Gasteiger partial charge in [0.25, 0.3) is 0 Å². The number of nitrogens with zero attached hydrogens (tertiary/aromatic N) is 4. The molecule has 2 aliphatic heterocycles. The maximum absolute atomic E-state index is 12.5. The number of anilines is 1. The number of hydrogen-bond acceptors (Lipinski definition) is 6. The van der Waals surface area contributed by atoms with E-state index in [4.69, 9.17) is 10.00 Å². The maximum atomic E-state index is 12.5. The molecule has 1 spiro atoms. The standard InChI is InChI=1S/C20H28N4O3/c1-2-10-27-13-19(26)24-8-3-6-20(15-24)14-23(9-5-17(20)25)18-11-16(12-21)4-7-22-18/h4,7,11,17,25H,2-3,5-6,8-10,13-15H2,1H3/t17-,20-/m1/s1. The van der Waals surface area contributed by atoms with E-state index in [0.717, 1.165) is 25.1 Å². The van der Waals surface area contributed by atoms with E-state index in [-0.39, 0.29) is 17.9 Å². The number of carbonyl (C=O) groups is 1. The van der Waals surface area contributed by atoms with Gasteiger partial charge in [0.05, 0.1) is 17.7 Å². The Balaban J connectivity index is 1.72. The number of amides is 1. The summed E-state index contributed by atoms with van der Waals surface area (Å²) >= 11 is 0. The van der Waals surface area contributed by atoms with Crippen LogP contribution in [0.15, 0.2) is 18.3 Å². The van der Waals surface area contributed by atoms with Crippen LogP contribution in [0.3, 0.4) is 0 Å². The molecular formula is C20H28N4O3. The van der Waals surface area contributed by atoms with Gasteiger partial charge in [-0.3, -0.25) is 4.79 Å². The van der Waals surface area contributed by atoms with E-state index in [1.54, 1.807) is 18.3 Å². The van der Waals surface area contributed by atoms with Gasteiger partial charge in [-0.05, 0) is 37.8 Å². The number of aromatic nitrogens is 1. The summed E-state index contributed by atoms with van der Waals surface area (Å²) in [6, 6.07) is 5.63. The number of likely N-dealkylation sites (tertiary alicyclic amines) is 1. The Labute approximate surface area is 160 Å². The molecule has 0 unspecified atom stereocenters. The highest BCUT2D eigenvalue weighted by Gasteiger charge is 2.46. The SMILES string of the molecule is CCCOCC(=O)N1CCC[C@]2(C1)CN(c1cc(C#N)ccn1)CC[C@H]2O. The number of rotatable bonds is 5. The minimum atomic E-state index is -0.444. The summed E-state index contributed by atoms with van der Waals surface area (Å²) in [5.74, 6) is 0.756. The predicted molar refractivity (Wildman–Crippen MR) is 101 cm³/mol. The normalized spacial score (nSPS) is 25.4. The average Bonchev–Trinajstić information content (AvgIpc) is 2.70. The van der Waals surface area contributed by atoms with Crippen molar-refractivity contribution < 1.29 is 14.6 Å². The molecule has 7 heteroatoms. The van der Waals surface area contributed by atoms with E-state index in [0.29, 0.717) is 44.8 Å². The van der Waals surface area contributed by atoms with Crippen LogP contribution in [0.1, 0.15) is 38.2 Å². The van der Waals surface area contributed by atoms with Crippen molar-refractivity contribution in [2.45, 2.75) is 38.7 Å². The second kappa shape index (κ2) is 8.68. The fourth-order valence-corrected chi connectivity index (χ4v) is 4.17. The van der Waals surface area contributed by atoms with Crippen molar-refractivity contribution in [3.8, 4) is 6.07 Å². The smallest absolute Gasteiger partial charge is 0.248 e. The Morgan fingerprint density at radius 1 is 1.48 bits per heavy atom. The molecule has 2 saturated heterocycles. The molecule has 2 atom stereocenters. The predicted octanol–water partition coefficient (Wildman–Crippen LogP) is 1.56. The molecular weight excluding hydrogens is 344 g/mol. The van der Waals surface area contributed by atoms with Gasteiger partial charge < -0.3 is 19.6 Å². The quantitative estimate of drug-likeness (QED) is 0.789. The molecule has 0 saturated carbocycles. The van der Waals surface area contributed by atoms with Crippen molar-refractivity contribution in [1.29, 1.82) is 5.26 Å². The van der Waals surface area contributed by atoms with Crippen LogP contribution >= 0.6 is 0 Å². The third-order valence-electron chi connectivity index (χ3n) is 5.62. The lowest BCUT2D eigenvalue weighted by Crippen LogP contribution is -2.60.